The van der Waals surface area contributed by atoms with Crippen molar-refractivity contribution in [3.8, 4) is 0 Å². The van der Waals surface area contributed by atoms with Crippen LogP contribution in [0, 0.1) is 11.7 Å². The van der Waals surface area contributed by atoms with Gasteiger partial charge in [-0.25, -0.2) is 4.39 Å². The Morgan fingerprint density at radius 1 is 1.14 bits per heavy atom. The van der Waals surface area contributed by atoms with Crippen molar-refractivity contribution in [1.82, 2.24) is 9.80 Å². The summed E-state index contributed by atoms with van der Waals surface area (Å²) in [5, 5.41) is 0. The van der Waals surface area contributed by atoms with Gasteiger partial charge >= 0.3 is 0 Å². The average Bonchev–Trinajstić information content (AvgIpc) is 2.53. The van der Waals surface area contributed by atoms with Gasteiger partial charge in [0.15, 0.2) is 0 Å². The predicted octanol–water partition coefficient (Wildman–Crippen LogP) is 2.16. The van der Waals surface area contributed by atoms with Crippen LogP contribution in [0.25, 0.3) is 0 Å². The summed E-state index contributed by atoms with van der Waals surface area (Å²) in [4.78, 5) is 27.8. The Bertz CT molecular complexity index is 525. The van der Waals surface area contributed by atoms with Gasteiger partial charge in [-0.15, -0.1) is 0 Å². The topological polar surface area (TPSA) is 40.6 Å². The Labute approximate surface area is 124 Å². The Balaban J connectivity index is 1.97. The molecule has 0 spiro atoms. The van der Waals surface area contributed by atoms with E-state index >= 15 is 0 Å². The van der Waals surface area contributed by atoms with Crippen molar-refractivity contribution in [2.45, 2.75) is 20.3 Å². The Hall–Kier alpha value is -1.91. The normalized spacial score (nSPS) is 16.7. The lowest BCUT2D eigenvalue weighted by Crippen LogP contribution is -2.51. The van der Waals surface area contributed by atoms with Crippen LogP contribution in [-0.4, -0.2) is 47.8 Å². The SMILES string of the molecule is CCC(C)C(=O)N1CCN(C(=O)c2ccccc2F)CC1. The number of rotatable bonds is 3. The fourth-order valence-corrected chi connectivity index (χ4v) is 2.42. The summed E-state index contributed by atoms with van der Waals surface area (Å²) in [6.45, 7) is 5.84. The molecule has 114 valence electrons. The monoisotopic (exact) mass is 292 g/mol. The molecule has 1 aromatic carbocycles. The van der Waals surface area contributed by atoms with E-state index in [0.29, 0.717) is 26.2 Å². The first-order valence-electron chi connectivity index (χ1n) is 7.37. The van der Waals surface area contributed by atoms with E-state index < -0.39 is 5.82 Å². The van der Waals surface area contributed by atoms with Crippen molar-refractivity contribution in [2.75, 3.05) is 26.2 Å². The largest absolute Gasteiger partial charge is 0.339 e. The van der Waals surface area contributed by atoms with Crippen molar-refractivity contribution < 1.29 is 14.0 Å². The molecule has 2 amide bonds. The zero-order chi connectivity index (χ0) is 15.4. The number of nitrogens with zero attached hydrogens (tertiary/aromatic N) is 2. The van der Waals surface area contributed by atoms with Gasteiger partial charge in [-0.1, -0.05) is 26.0 Å². The first-order chi connectivity index (χ1) is 10.0. The maximum atomic E-state index is 13.6. The van der Waals surface area contributed by atoms with Gasteiger partial charge in [-0.3, -0.25) is 9.59 Å². The molecule has 1 atom stereocenters. The maximum Gasteiger partial charge on any atom is 0.256 e. The van der Waals surface area contributed by atoms with E-state index in [1.54, 1.807) is 21.9 Å². The van der Waals surface area contributed by atoms with Crippen LogP contribution in [0.5, 0.6) is 0 Å². The van der Waals surface area contributed by atoms with Gasteiger partial charge in [0.2, 0.25) is 5.91 Å². The van der Waals surface area contributed by atoms with E-state index in [0.717, 1.165) is 6.42 Å². The molecule has 1 aromatic rings. The molecule has 0 radical (unpaired) electrons. The third-order valence-corrected chi connectivity index (χ3v) is 4.02. The fraction of sp³-hybridized carbons (Fsp3) is 0.500. The Kier molecular flexibility index (Phi) is 4.94. The number of benzene rings is 1. The van der Waals surface area contributed by atoms with Gasteiger partial charge in [0.1, 0.15) is 5.82 Å². The lowest BCUT2D eigenvalue weighted by molar-refractivity contribution is -0.136. The second kappa shape index (κ2) is 6.70. The van der Waals surface area contributed by atoms with Gasteiger partial charge < -0.3 is 9.80 Å². The van der Waals surface area contributed by atoms with Gasteiger partial charge in [0, 0.05) is 32.1 Å². The second-order valence-electron chi connectivity index (χ2n) is 5.41. The molecule has 5 heteroatoms. The molecule has 21 heavy (non-hydrogen) atoms. The summed E-state index contributed by atoms with van der Waals surface area (Å²) in [7, 11) is 0. The summed E-state index contributed by atoms with van der Waals surface area (Å²) in [5.41, 5.74) is 0.0965. The van der Waals surface area contributed by atoms with Crippen molar-refractivity contribution in [3.05, 3.63) is 35.6 Å². The predicted molar refractivity (Wildman–Crippen MR) is 78.3 cm³/mol. The van der Waals surface area contributed by atoms with Crippen LogP contribution in [-0.2, 0) is 4.79 Å². The fourth-order valence-electron chi connectivity index (χ4n) is 2.42. The lowest BCUT2D eigenvalue weighted by Gasteiger charge is -2.36. The van der Waals surface area contributed by atoms with Gasteiger partial charge in [0.25, 0.3) is 5.91 Å². The Morgan fingerprint density at radius 3 is 2.29 bits per heavy atom. The van der Waals surface area contributed by atoms with Crippen LogP contribution < -0.4 is 0 Å². The number of carbonyl (C=O) groups is 2. The minimum Gasteiger partial charge on any atom is -0.339 e. The minimum absolute atomic E-state index is 0.0128. The zero-order valence-electron chi connectivity index (χ0n) is 12.5. The number of amides is 2. The molecule has 1 fully saturated rings. The molecular weight excluding hydrogens is 271 g/mol. The van der Waals surface area contributed by atoms with E-state index in [-0.39, 0.29) is 23.3 Å². The second-order valence-corrected chi connectivity index (χ2v) is 5.41. The first kappa shape index (κ1) is 15.5. The van der Waals surface area contributed by atoms with Gasteiger partial charge in [0.05, 0.1) is 5.56 Å². The standard InChI is InChI=1S/C16H21FN2O2/c1-3-12(2)15(20)18-8-10-19(11-9-18)16(21)13-6-4-5-7-14(13)17/h4-7,12H,3,8-11H2,1-2H3. The molecule has 0 saturated carbocycles. The van der Waals surface area contributed by atoms with Crippen LogP contribution in [0.2, 0.25) is 0 Å². The molecule has 0 N–H and O–H groups in total. The third kappa shape index (κ3) is 3.40. The van der Waals surface area contributed by atoms with Gasteiger partial charge in [-0.2, -0.15) is 0 Å². The van der Waals surface area contributed by atoms with Crippen LogP contribution in [0.15, 0.2) is 24.3 Å². The highest BCUT2D eigenvalue weighted by Crippen LogP contribution is 2.14. The highest BCUT2D eigenvalue weighted by Gasteiger charge is 2.27. The summed E-state index contributed by atoms with van der Waals surface area (Å²) >= 11 is 0. The van der Waals surface area contributed by atoms with Crippen LogP contribution in [0.1, 0.15) is 30.6 Å². The molecule has 1 unspecified atom stereocenters. The molecule has 0 aliphatic carbocycles. The molecule has 4 nitrogen and oxygen atoms in total. The van der Waals surface area contributed by atoms with Crippen LogP contribution in [0.4, 0.5) is 4.39 Å². The number of hydrogen-bond donors (Lipinski definition) is 0. The van der Waals surface area contributed by atoms with Gasteiger partial charge in [-0.05, 0) is 18.6 Å². The molecule has 1 saturated heterocycles. The van der Waals surface area contributed by atoms with E-state index in [1.165, 1.54) is 12.1 Å². The molecule has 1 heterocycles. The van der Waals surface area contributed by atoms with Crippen LogP contribution in [0.3, 0.4) is 0 Å². The number of carbonyl (C=O) groups excluding carboxylic acids is 2. The van der Waals surface area contributed by atoms with Crippen molar-refractivity contribution in [2.24, 2.45) is 5.92 Å². The number of piperazine rings is 1. The molecular formula is C16H21FN2O2. The number of halogens is 1. The molecule has 1 aliphatic heterocycles. The van der Waals surface area contributed by atoms with E-state index in [2.05, 4.69) is 0 Å². The van der Waals surface area contributed by atoms with Crippen molar-refractivity contribution in [1.29, 1.82) is 0 Å². The van der Waals surface area contributed by atoms with Crippen LogP contribution >= 0.6 is 0 Å². The first-order valence-corrected chi connectivity index (χ1v) is 7.37. The number of hydrogen-bond acceptors (Lipinski definition) is 2. The Morgan fingerprint density at radius 2 is 1.71 bits per heavy atom. The minimum atomic E-state index is -0.499. The summed E-state index contributed by atoms with van der Waals surface area (Å²) in [6.07, 6.45) is 0.813. The molecule has 1 aliphatic rings. The zero-order valence-corrected chi connectivity index (χ0v) is 12.5. The summed E-state index contributed by atoms with van der Waals surface area (Å²) < 4.78 is 13.6. The average molecular weight is 292 g/mol. The lowest BCUT2D eigenvalue weighted by atomic mass is 10.1. The highest BCUT2D eigenvalue weighted by atomic mass is 19.1. The molecule has 0 aromatic heterocycles. The van der Waals surface area contributed by atoms with E-state index in [1.807, 2.05) is 13.8 Å². The van der Waals surface area contributed by atoms with Crippen molar-refractivity contribution in [3.63, 3.8) is 0 Å². The third-order valence-electron chi connectivity index (χ3n) is 4.02. The van der Waals surface area contributed by atoms with E-state index in [4.69, 9.17) is 0 Å². The maximum absolute atomic E-state index is 13.6. The quantitative estimate of drug-likeness (QED) is 0.856. The summed E-state index contributed by atoms with van der Waals surface area (Å²) in [5.74, 6) is -0.654. The smallest absolute Gasteiger partial charge is 0.256 e. The molecule has 0 bridgehead atoms. The molecule has 2 rings (SSSR count). The van der Waals surface area contributed by atoms with Crippen molar-refractivity contribution >= 4 is 11.8 Å². The summed E-state index contributed by atoms with van der Waals surface area (Å²) in [6, 6.07) is 6.00. The van der Waals surface area contributed by atoms with E-state index in [9.17, 15) is 14.0 Å². The highest BCUT2D eigenvalue weighted by molar-refractivity contribution is 5.94.